The largest absolute Gasteiger partial charge is 0.482 e. The highest BCUT2D eigenvalue weighted by Crippen LogP contribution is 2.23. The van der Waals surface area contributed by atoms with E-state index in [1.807, 2.05) is 30.3 Å². The van der Waals surface area contributed by atoms with Gasteiger partial charge in [-0.25, -0.2) is 4.98 Å². The number of oxazole rings is 1. The van der Waals surface area contributed by atoms with Crippen molar-refractivity contribution in [2.45, 2.75) is 6.61 Å². The van der Waals surface area contributed by atoms with Crippen molar-refractivity contribution in [1.29, 1.82) is 0 Å². The number of carbonyl (C=O) groups excluding carboxylic acids is 1. The number of ether oxygens (including phenoxy) is 1. The number of fused-ring (bicyclic) bond motifs is 1. The summed E-state index contributed by atoms with van der Waals surface area (Å²) < 4.78 is 11.0. The van der Waals surface area contributed by atoms with Crippen LogP contribution in [-0.4, -0.2) is 34.9 Å². The summed E-state index contributed by atoms with van der Waals surface area (Å²) >= 11 is 0. The van der Waals surface area contributed by atoms with Gasteiger partial charge in [0.25, 0.3) is 5.91 Å². The van der Waals surface area contributed by atoms with Gasteiger partial charge in [0.2, 0.25) is 5.89 Å². The predicted octanol–water partition coefficient (Wildman–Crippen LogP) is 2.50. The van der Waals surface area contributed by atoms with Crippen molar-refractivity contribution in [3.05, 3.63) is 54.4 Å². The second-order valence-corrected chi connectivity index (χ2v) is 4.95. The molecule has 0 fully saturated rings. The molecule has 0 saturated heterocycles. The van der Waals surface area contributed by atoms with Gasteiger partial charge in [-0.3, -0.25) is 9.78 Å². The highest BCUT2D eigenvalue weighted by atomic mass is 16.5. The van der Waals surface area contributed by atoms with E-state index in [0.29, 0.717) is 11.6 Å². The quantitative estimate of drug-likeness (QED) is 0.740. The molecule has 0 N–H and O–H groups in total. The average Bonchev–Trinajstić information content (AvgIpc) is 3.01. The van der Waals surface area contributed by atoms with E-state index in [9.17, 15) is 4.79 Å². The number of para-hydroxylation sites is 1. The van der Waals surface area contributed by atoms with Crippen LogP contribution in [0.5, 0.6) is 5.75 Å². The summed E-state index contributed by atoms with van der Waals surface area (Å²) in [5, 5.41) is 0.996. The minimum Gasteiger partial charge on any atom is -0.482 e. The molecule has 6 heteroatoms. The maximum absolute atomic E-state index is 11.8. The van der Waals surface area contributed by atoms with E-state index in [2.05, 4.69) is 9.97 Å². The van der Waals surface area contributed by atoms with Crippen molar-refractivity contribution in [1.82, 2.24) is 14.9 Å². The predicted molar refractivity (Wildman–Crippen MR) is 80.6 cm³/mol. The van der Waals surface area contributed by atoms with Crippen molar-refractivity contribution in [3.63, 3.8) is 0 Å². The number of amides is 1. The van der Waals surface area contributed by atoms with Crippen molar-refractivity contribution in [3.8, 4) is 5.75 Å². The minimum absolute atomic E-state index is 0.135. The first-order chi connectivity index (χ1) is 10.6. The van der Waals surface area contributed by atoms with Crippen LogP contribution >= 0.6 is 0 Å². The molecule has 0 unspecified atom stereocenters. The SMILES string of the molecule is CN(C)C(=O)c1coc(COc2cccc3cccnc23)n1. The fourth-order valence-corrected chi connectivity index (χ4v) is 2.04. The van der Waals surface area contributed by atoms with Crippen molar-refractivity contribution < 1.29 is 13.9 Å². The molecule has 0 saturated carbocycles. The Kier molecular flexibility index (Phi) is 3.74. The van der Waals surface area contributed by atoms with E-state index < -0.39 is 0 Å². The van der Waals surface area contributed by atoms with E-state index in [0.717, 1.165) is 10.9 Å². The number of pyridine rings is 1. The summed E-state index contributed by atoms with van der Waals surface area (Å²) in [7, 11) is 3.32. The van der Waals surface area contributed by atoms with Gasteiger partial charge in [0.05, 0.1) is 0 Å². The number of rotatable bonds is 4. The molecule has 0 radical (unpaired) electrons. The molecule has 22 heavy (non-hydrogen) atoms. The normalized spacial score (nSPS) is 10.6. The number of carbonyl (C=O) groups is 1. The molecule has 6 nitrogen and oxygen atoms in total. The van der Waals surface area contributed by atoms with E-state index in [1.54, 1.807) is 20.3 Å². The van der Waals surface area contributed by atoms with Crippen LogP contribution in [0.1, 0.15) is 16.4 Å². The van der Waals surface area contributed by atoms with Crippen LogP contribution in [-0.2, 0) is 6.61 Å². The van der Waals surface area contributed by atoms with E-state index in [-0.39, 0.29) is 18.2 Å². The molecular formula is C16H15N3O3. The fourth-order valence-electron chi connectivity index (χ4n) is 2.04. The summed E-state index contributed by atoms with van der Waals surface area (Å²) in [4.78, 5) is 21.6. The molecular weight excluding hydrogens is 282 g/mol. The molecule has 0 aliphatic heterocycles. The Hall–Kier alpha value is -2.89. The molecule has 1 amide bonds. The Morgan fingerprint density at radius 2 is 2.09 bits per heavy atom. The monoisotopic (exact) mass is 297 g/mol. The average molecular weight is 297 g/mol. The van der Waals surface area contributed by atoms with Crippen LogP contribution in [0.25, 0.3) is 10.9 Å². The smallest absolute Gasteiger partial charge is 0.275 e. The molecule has 112 valence electrons. The molecule has 0 bridgehead atoms. The zero-order valence-electron chi connectivity index (χ0n) is 12.3. The molecule has 2 heterocycles. The number of nitrogens with zero attached hydrogens (tertiary/aromatic N) is 3. The Labute approximate surface area is 127 Å². The maximum Gasteiger partial charge on any atom is 0.275 e. The van der Waals surface area contributed by atoms with Gasteiger partial charge in [0.15, 0.2) is 12.3 Å². The minimum atomic E-state index is -0.207. The zero-order chi connectivity index (χ0) is 15.5. The van der Waals surface area contributed by atoms with Gasteiger partial charge < -0.3 is 14.1 Å². The van der Waals surface area contributed by atoms with Gasteiger partial charge in [-0.2, -0.15) is 0 Å². The first-order valence-electron chi connectivity index (χ1n) is 6.78. The van der Waals surface area contributed by atoms with Crippen molar-refractivity contribution >= 4 is 16.8 Å². The summed E-state index contributed by atoms with van der Waals surface area (Å²) in [6.45, 7) is 0.135. The van der Waals surface area contributed by atoms with Crippen molar-refractivity contribution in [2.75, 3.05) is 14.1 Å². The Bertz CT molecular complexity index is 806. The molecule has 0 atom stereocenters. The lowest BCUT2D eigenvalue weighted by atomic mass is 10.2. The van der Waals surface area contributed by atoms with Crippen LogP contribution in [0.2, 0.25) is 0 Å². The second kappa shape index (κ2) is 5.85. The van der Waals surface area contributed by atoms with Gasteiger partial charge >= 0.3 is 0 Å². The lowest BCUT2D eigenvalue weighted by molar-refractivity contribution is 0.0822. The molecule has 0 spiro atoms. The second-order valence-electron chi connectivity index (χ2n) is 4.95. The maximum atomic E-state index is 11.8. The third-order valence-corrected chi connectivity index (χ3v) is 3.12. The van der Waals surface area contributed by atoms with Crippen LogP contribution < -0.4 is 4.74 Å². The van der Waals surface area contributed by atoms with Crippen LogP contribution in [0.3, 0.4) is 0 Å². The molecule has 0 aliphatic rings. The van der Waals surface area contributed by atoms with E-state index in [4.69, 9.17) is 9.15 Å². The standard InChI is InChI=1S/C16H15N3O3/c1-19(2)16(20)12-9-22-14(18-12)10-21-13-7-3-5-11-6-4-8-17-15(11)13/h3-9H,10H2,1-2H3. The third-order valence-electron chi connectivity index (χ3n) is 3.12. The molecule has 3 rings (SSSR count). The van der Waals surface area contributed by atoms with E-state index in [1.165, 1.54) is 11.2 Å². The Morgan fingerprint density at radius 3 is 2.91 bits per heavy atom. The van der Waals surface area contributed by atoms with Crippen molar-refractivity contribution in [2.24, 2.45) is 0 Å². The molecule has 3 aromatic rings. The van der Waals surface area contributed by atoms with E-state index >= 15 is 0 Å². The topological polar surface area (TPSA) is 68.5 Å². The number of hydrogen-bond donors (Lipinski definition) is 0. The summed E-state index contributed by atoms with van der Waals surface area (Å²) in [6.07, 6.45) is 3.05. The van der Waals surface area contributed by atoms with Gasteiger partial charge in [-0.1, -0.05) is 18.2 Å². The Balaban J connectivity index is 1.76. The highest BCUT2D eigenvalue weighted by molar-refractivity contribution is 5.91. The van der Waals surface area contributed by atoms with Gasteiger partial charge in [-0.15, -0.1) is 0 Å². The zero-order valence-corrected chi connectivity index (χ0v) is 12.3. The number of aromatic nitrogens is 2. The fraction of sp³-hybridized carbons (Fsp3) is 0.188. The van der Waals surface area contributed by atoms with Crippen LogP contribution in [0.4, 0.5) is 0 Å². The lowest BCUT2D eigenvalue weighted by Crippen LogP contribution is -2.22. The third kappa shape index (κ3) is 2.76. The highest BCUT2D eigenvalue weighted by Gasteiger charge is 2.14. The summed E-state index contributed by atoms with van der Waals surface area (Å²) in [5.74, 6) is 0.789. The molecule has 2 aromatic heterocycles. The molecule has 1 aromatic carbocycles. The van der Waals surface area contributed by atoms with Gasteiger partial charge in [0, 0.05) is 25.7 Å². The first-order valence-corrected chi connectivity index (χ1v) is 6.78. The summed E-state index contributed by atoms with van der Waals surface area (Å²) in [6, 6.07) is 9.54. The van der Waals surface area contributed by atoms with Crippen LogP contribution in [0.15, 0.2) is 47.2 Å². The summed E-state index contributed by atoms with van der Waals surface area (Å²) in [5.41, 5.74) is 1.04. The lowest BCUT2D eigenvalue weighted by Gasteiger charge is -2.07. The molecule has 0 aliphatic carbocycles. The van der Waals surface area contributed by atoms with Gasteiger partial charge in [0.1, 0.15) is 17.5 Å². The van der Waals surface area contributed by atoms with Crippen LogP contribution in [0, 0.1) is 0 Å². The number of benzene rings is 1. The first kappa shape index (κ1) is 14.1. The Morgan fingerprint density at radius 1 is 1.27 bits per heavy atom. The number of hydrogen-bond acceptors (Lipinski definition) is 5. The van der Waals surface area contributed by atoms with Gasteiger partial charge in [-0.05, 0) is 12.1 Å².